The minimum absolute atomic E-state index is 0.0896. The molecule has 0 fully saturated rings. The van der Waals surface area contributed by atoms with Crippen LogP contribution in [0.25, 0.3) is 11.1 Å². The smallest absolute Gasteiger partial charge is 0.337 e. The molecule has 3 nitrogen and oxygen atoms in total. The zero-order chi connectivity index (χ0) is 13.4. The number of rotatable bonds is 2. The molecule has 92 valence electrons. The van der Waals surface area contributed by atoms with E-state index < -0.39 is 5.97 Å². The summed E-state index contributed by atoms with van der Waals surface area (Å²) in [4.78, 5) is 23.9. The molecule has 1 aliphatic rings. The van der Waals surface area contributed by atoms with Gasteiger partial charge in [0.1, 0.15) is 0 Å². The zero-order valence-corrected chi connectivity index (χ0v) is 9.96. The number of hydrogen-bond donors (Lipinski definition) is 1. The second kappa shape index (κ2) is 4.21. The highest BCUT2D eigenvalue weighted by atomic mass is 16.4. The molecule has 0 atom stereocenters. The maximum atomic E-state index is 12.4. The van der Waals surface area contributed by atoms with Gasteiger partial charge in [0, 0.05) is 16.7 Å². The lowest BCUT2D eigenvalue weighted by atomic mass is 10.00. The van der Waals surface area contributed by atoms with Crippen molar-refractivity contribution in [3.05, 3.63) is 71.3 Å². The first-order valence-electron chi connectivity index (χ1n) is 5.87. The second-order valence-corrected chi connectivity index (χ2v) is 4.30. The van der Waals surface area contributed by atoms with Crippen molar-refractivity contribution in [2.45, 2.75) is 0 Å². The molecule has 0 heterocycles. The van der Waals surface area contributed by atoms with E-state index >= 15 is 0 Å². The van der Waals surface area contributed by atoms with E-state index in [1.54, 1.807) is 48.5 Å². The number of aliphatic carboxylic acids is 1. The van der Waals surface area contributed by atoms with Crippen LogP contribution in [0, 0.1) is 0 Å². The van der Waals surface area contributed by atoms with E-state index in [0.29, 0.717) is 16.7 Å². The number of fused-ring (bicyclic) bond motifs is 1. The summed E-state index contributed by atoms with van der Waals surface area (Å²) in [5.41, 5.74) is 1.96. The van der Waals surface area contributed by atoms with Crippen molar-refractivity contribution in [2.75, 3.05) is 0 Å². The van der Waals surface area contributed by atoms with Crippen molar-refractivity contribution in [2.24, 2.45) is 0 Å². The molecule has 2 aromatic carbocycles. The van der Waals surface area contributed by atoms with Crippen LogP contribution in [0.4, 0.5) is 0 Å². The molecule has 0 unspecified atom stereocenters. The van der Waals surface area contributed by atoms with Crippen molar-refractivity contribution in [1.29, 1.82) is 0 Å². The third kappa shape index (κ3) is 1.67. The van der Waals surface area contributed by atoms with Gasteiger partial charge in [-0.05, 0) is 5.56 Å². The van der Waals surface area contributed by atoms with Crippen molar-refractivity contribution < 1.29 is 14.7 Å². The van der Waals surface area contributed by atoms with Gasteiger partial charge in [0.25, 0.3) is 0 Å². The molecule has 1 N–H and O–H groups in total. The predicted octanol–water partition coefficient (Wildman–Crippen LogP) is 2.88. The van der Waals surface area contributed by atoms with E-state index in [9.17, 15) is 14.7 Å². The van der Waals surface area contributed by atoms with E-state index in [1.165, 1.54) is 0 Å². The van der Waals surface area contributed by atoms with Crippen molar-refractivity contribution >= 4 is 22.9 Å². The van der Waals surface area contributed by atoms with E-state index in [0.717, 1.165) is 0 Å². The van der Waals surface area contributed by atoms with E-state index in [-0.39, 0.29) is 16.9 Å². The molecule has 0 saturated carbocycles. The van der Waals surface area contributed by atoms with Gasteiger partial charge >= 0.3 is 5.97 Å². The highest BCUT2D eigenvalue weighted by Gasteiger charge is 2.33. The molecule has 0 aliphatic heterocycles. The quantitative estimate of drug-likeness (QED) is 0.891. The Morgan fingerprint density at radius 1 is 0.842 bits per heavy atom. The van der Waals surface area contributed by atoms with Crippen molar-refractivity contribution in [3.63, 3.8) is 0 Å². The number of hydrogen-bond acceptors (Lipinski definition) is 2. The first-order valence-corrected chi connectivity index (χ1v) is 5.87. The third-order valence-corrected chi connectivity index (χ3v) is 3.19. The SMILES string of the molecule is O=C(O)C1=C(c2ccccc2)C(=O)c2ccccc21. The molecule has 0 bridgehead atoms. The van der Waals surface area contributed by atoms with E-state index in [1.807, 2.05) is 6.07 Å². The summed E-state index contributed by atoms with van der Waals surface area (Å²) in [5, 5.41) is 9.40. The average Bonchev–Trinajstić information content (AvgIpc) is 2.74. The molecule has 0 aromatic heterocycles. The Hall–Kier alpha value is -2.68. The highest BCUT2D eigenvalue weighted by Crippen LogP contribution is 2.38. The van der Waals surface area contributed by atoms with Gasteiger partial charge in [-0.25, -0.2) is 4.79 Å². The standard InChI is InChI=1S/C16H10O3/c17-15-12-9-5-4-8-11(12)14(16(18)19)13(15)10-6-2-1-3-7-10/h1-9H,(H,18,19). The Morgan fingerprint density at radius 3 is 2.05 bits per heavy atom. The lowest BCUT2D eigenvalue weighted by molar-refractivity contribution is -0.130. The Balaban J connectivity index is 2.31. The minimum atomic E-state index is -1.07. The normalized spacial score (nSPS) is 13.6. The van der Waals surface area contributed by atoms with Crippen LogP contribution < -0.4 is 0 Å². The van der Waals surface area contributed by atoms with E-state index in [4.69, 9.17) is 0 Å². The predicted molar refractivity (Wildman–Crippen MR) is 71.7 cm³/mol. The Kier molecular flexibility index (Phi) is 2.53. The lowest BCUT2D eigenvalue weighted by Gasteiger charge is -2.03. The summed E-state index contributed by atoms with van der Waals surface area (Å²) in [7, 11) is 0. The molecule has 0 spiro atoms. The Morgan fingerprint density at radius 2 is 1.42 bits per heavy atom. The number of carbonyl (C=O) groups excluding carboxylic acids is 1. The van der Waals surface area contributed by atoms with Crippen LogP contribution in [0.15, 0.2) is 54.6 Å². The molecule has 3 heteroatoms. The summed E-state index contributed by atoms with van der Waals surface area (Å²) in [5.74, 6) is -1.30. The van der Waals surface area contributed by atoms with Gasteiger partial charge in [-0.3, -0.25) is 4.79 Å². The van der Waals surface area contributed by atoms with Gasteiger partial charge in [0.05, 0.1) is 5.57 Å². The molecular weight excluding hydrogens is 240 g/mol. The minimum Gasteiger partial charge on any atom is -0.478 e. The first kappa shape index (κ1) is 11.4. The fourth-order valence-electron chi connectivity index (χ4n) is 2.38. The molecule has 3 rings (SSSR count). The number of benzene rings is 2. The van der Waals surface area contributed by atoms with Crippen LogP contribution in [0.3, 0.4) is 0 Å². The number of carboxylic acids is 1. The fraction of sp³-hybridized carbons (Fsp3) is 0. The van der Waals surface area contributed by atoms with Crippen molar-refractivity contribution in [1.82, 2.24) is 0 Å². The number of carbonyl (C=O) groups is 2. The molecule has 0 radical (unpaired) electrons. The van der Waals surface area contributed by atoms with Gasteiger partial charge in [-0.15, -0.1) is 0 Å². The molecule has 2 aromatic rings. The highest BCUT2D eigenvalue weighted by molar-refractivity contribution is 6.48. The maximum Gasteiger partial charge on any atom is 0.337 e. The van der Waals surface area contributed by atoms with Crippen LogP contribution in [-0.4, -0.2) is 16.9 Å². The summed E-state index contributed by atoms with van der Waals surface area (Å²) in [6.45, 7) is 0. The van der Waals surface area contributed by atoms with Gasteiger partial charge in [-0.1, -0.05) is 54.6 Å². The molecule has 0 amide bonds. The number of Topliss-reactive ketones (excluding diaryl/α,β-unsaturated/α-hetero) is 1. The van der Waals surface area contributed by atoms with Gasteiger partial charge in [-0.2, -0.15) is 0 Å². The summed E-state index contributed by atoms with van der Waals surface area (Å²) in [6, 6.07) is 15.7. The van der Waals surface area contributed by atoms with Gasteiger partial charge in [0.2, 0.25) is 0 Å². The molecular formula is C16H10O3. The van der Waals surface area contributed by atoms with Crippen LogP contribution >= 0.6 is 0 Å². The summed E-state index contributed by atoms with van der Waals surface area (Å²) < 4.78 is 0. The average molecular weight is 250 g/mol. The first-order chi connectivity index (χ1) is 9.20. The zero-order valence-electron chi connectivity index (χ0n) is 9.96. The Labute approximate surface area is 109 Å². The molecule has 0 saturated heterocycles. The Bertz CT molecular complexity index is 712. The number of ketones is 1. The topological polar surface area (TPSA) is 54.4 Å². The van der Waals surface area contributed by atoms with E-state index in [2.05, 4.69) is 0 Å². The number of carboxylic acid groups (broad SMARTS) is 1. The van der Waals surface area contributed by atoms with Crippen LogP contribution in [-0.2, 0) is 4.79 Å². The molecule has 1 aliphatic carbocycles. The fourth-order valence-corrected chi connectivity index (χ4v) is 2.38. The van der Waals surface area contributed by atoms with Crippen LogP contribution in [0.1, 0.15) is 21.5 Å². The van der Waals surface area contributed by atoms with Gasteiger partial charge < -0.3 is 5.11 Å². The monoisotopic (exact) mass is 250 g/mol. The van der Waals surface area contributed by atoms with Crippen molar-refractivity contribution in [3.8, 4) is 0 Å². The third-order valence-electron chi connectivity index (χ3n) is 3.19. The lowest BCUT2D eigenvalue weighted by Crippen LogP contribution is -2.01. The largest absolute Gasteiger partial charge is 0.478 e. The van der Waals surface area contributed by atoms with Crippen LogP contribution in [0.2, 0.25) is 0 Å². The maximum absolute atomic E-state index is 12.4. The number of allylic oxidation sites excluding steroid dienone is 1. The molecule has 19 heavy (non-hydrogen) atoms. The summed E-state index contributed by atoms with van der Waals surface area (Å²) >= 11 is 0. The summed E-state index contributed by atoms with van der Waals surface area (Å²) in [6.07, 6.45) is 0. The van der Waals surface area contributed by atoms with Gasteiger partial charge in [0.15, 0.2) is 5.78 Å². The van der Waals surface area contributed by atoms with Crippen LogP contribution in [0.5, 0.6) is 0 Å². The second-order valence-electron chi connectivity index (χ2n) is 4.30.